The van der Waals surface area contributed by atoms with Crippen LogP contribution in [0.3, 0.4) is 0 Å². The molecular weight excluding hydrogens is 390 g/mol. The molecule has 0 atom stereocenters. The summed E-state index contributed by atoms with van der Waals surface area (Å²) in [4.78, 5) is 9.87. The number of allylic oxidation sites excluding steroid dienone is 2. The Morgan fingerprint density at radius 2 is 1.97 bits per heavy atom. The second-order valence-corrected chi connectivity index (χ2v) is 8.20. The SMILES string of the molecule is C=C(CC(C)=N/C=C(\C)CCC)Nc1cccc(O)c1.CN=C(C)c1sccc1C. The van der Waals surface area contributed by atoms with Gasteiger partial charge in [0.05, 0.1) is 4.88 Å². The Morgan fingerprint density at radius 3 is 2.53 bits per heavy atom. The van der Waals surface area contributed by atoms with E-state index in [1.807, 2.05) is 33.2 Å². The molecule has 1 aromatic carbocycles. The fraction of sp³-hybridized carbons (Fsp3) is 0.360. The number of nitrogens with zero attached hydrogens (tertiary/aromatic N) is 2. The molecule has 1 heterocycles. The number of aryl methyl sites for hydroxylation is 1. The van der Waals surface area contributed by atoms with E-state index in [1.165, 1.54) is 16.0 Å². The lowest BCUT2D eigenvalue weighted by atomic mass is 10.2. The number of rotatable bonds is 8. The van der Waals surface area contributed by atoms with Crippen LogP contribution < -0.4 is 5.32 Å². The number of nitrogens with one attached hydrogen (secondary N) is 1. The maximum atomic E-state index is 9.40. The first-order valence-electron chi connectivity index (χ1n) is 10.2. The number of aromatic hydroxyl groups is 1. The zero-order valence-corrected chi connectivity index (χ0v) is 19.9. The molecule has 0 fully saturated rings. The molecular formula is C25H35N3OS. The summed E-state index contributed by atoms with van der Waals surface area (Å²) in [6, 6.07) is 9.12. The molecule has 0 saturated carbocycles. The van der Waals surface area contributed by atoms with Crippen molar-refractivity contribution < 1.29 is 5.11 Å². The van der Waals surface area contributed by atoms with E-state index in [-0.39, 0.29) is 5.75 Å². The van der Waals surface area contributed by atoms with Crippen molar-refractivity contribution in [2.45, 2.75) is 53.9 Å². The van der Waals surface area contributed by atoms with E-state index in [9.17, 15) is 5.11 Å². The molecule has 0 amide bonds. The Bertz CT molecular complexity index is 907. The number of phenols is 1. The second kappa shape index (κ2) is 13.5. The normalized spacial score (nSPS) is 12.3. The first-order chi connectivity index (χ1) is 14.3. The van der Waals surface area contributed by atoms with Gasteiger partial charge in [0.2, 0.25) is 0 Å². The molecule has 162 valence electrons. The predicted molar refractivity (Wildman–Crippen MR) is 134 cm³/mol. The minimum Gasteiger partial charge on any atom is -0.508 e. The Morgan fingerprint density at radius 1 is 1.23 bits per heavy atom. The molecule has 2 aromatic rings. The van der Waals surface area contributed by atoms with E-state index in [0.717, 1.165) is 35.6 Å². The zero-order valence-electron chi connectivity index (χ0n) is 19.1. The molecule has 0 aliphatic carbocycles. The maximum Gasteiger partial charge on any atom is 0.117 e. The quantitative estimate of drug-likeness (QED) is 0.434. The van der Waals surface area contributed by atoms with Crippen LogP contribution in [0.4, 0.5) is 5.69 Å². The molecule has 0 unspecified atom stereocenters. The molecule has 0 aliphatic heterocycles. The Labute approximate surface area is 185 Å². The molecule has 2 N–H and O–H groups in total. The fourth-order valence-electron chi connectivity index (χ4n) is 2.71. The molecule has 4 nitrogen and oxygen atoms in total. The van der Waals surface area contributed by atoms with Crippen molar-refractivity contribution in [1.29, 1.82) is 0 Å². The van der Waals surface area contributed by atoms with Gasteiger partial charge in [-0.15, -0.1) is 11.3 Å². The summed E-state index contributed by atoms with van der Waals surface area (Å²) in [6.07, 6.45) is 4.84. The van der Waals surface area contributed by atoms with Crippen LogP contribution in [0.1, 0.15) is 57.4 Å². The lowest BCUT2D eigenvalue weighted by Crippen LogP contribution is -2.02. The van der Waals surface area contributed by atoms with Crippen LogP contribution in [0.2, 0.25) is 0 Å². The summed E-state index contributed by atoms with van der Waals surface area (Å²) in [5.74, 6) is 0.242. The summed E-state index contributed by atoms with van der Waals surface area (Å²) >= 11 is 1.75. The predicted octanol–water partition coefficient (Wildman–Crippen LogP) is 7.37. The van der Waals surface area contributed by atoms with Gasteiger partial charge in [-0.25, -0.2) is 0 Å². The minimum absolute atomic E-state index is 0.242. The summed E-state index contributed by atoms with van der Waals surface area (Å²) in [5.41, 5.74) is 6.45. The van der Waals surface area contributed by atoms with Crippen molar-refractivity contribution in [3.8, 4) is 5.75 Å². The molecule has 2 rings (SSSR count). The Kier molecular flexibility index (Phi) is 11.5. The summed E-state index contributed by atoms with van der Waals surface area (Å²) in [7, 11) is 1.83. The summed E-state index contributed by atoms with van der Waals surface area (Å²) < 4.78 is 0. The molecule has 0 bridgehead atoms. The maximum absolute atomic E-state index is 9.40. The van der Waals surface area contributed by atoms with E-state index in [2.05, 4.69) is 54.1 Å². The Hall–Kier alpha value is -2.66. The number of benzene rings is 1. The average molecular weight is 426 g/mol. The van der Waals surface area contributed by atoms with Gasteiger partial charge in [-0.3, -0.25) is 9.98 Å². The number of anilines is 1. The third kappa shape index (κ3) is 9.70. The van der Waals surface area contributed by atoms with Crippen molar-refractivity contribution in [2.75, 3.05) is 12.4 Å². The molecule has 0 radical (unpaired) electrons. The Balaban J connectivity index is 0.000000375. The van der Waals surface area contributed by atoms with Crippen LogP contribution in [0, 0.1) is 6.92 Å². The highest BCUT2D eigenvalue weighted by Crippen LogP contribution is 2.18. The van der Waals surface area contributed by atoms with Crippen LogP contribution in [0.25, 0.3) is 0 Å². The van der Waals surface area contributed by atoms with Crippen molar-refractivity contribution >= 4 is 28.4 Å². The highest BCUT2D eigenvalue weighted by Gasteiger charge is 2.01. The van der Waals surface area contributed by atoms with Crippen molar-refractivity contribution in [3.05, 3.63) is 70.2 Å². The van der Waals surface area contributed by atoms with Crippen LogP contribution >= 0.6 is 11.3 Å². The standard InChI is InChI=1S/C17H24N2O.C8H11NS/c1-5-7-13(2)12-18-14(3)10-15(4)19-16-8-6-9-17(20)11-16;1-6-4-5-10-8(6)7(2)9-3/h6,8-9,11-12,19-20H,4-5,7,10H2,1-3H3;4-5H,1-3H3/b13-12+,18-14?;. The van der Waals surface area contributed by atoms with Gasteiger partial charge < -0.3 is 10.4 Å². The van der Waals surface area contributed by atoms with Crippen LogP contribution in [0.15, 0.2) is 69.7 Å². The van der Waals surface area contributed by atoms with Crippen LogP contribution in [-0.4, -0.2) is 23.6 Å². The molecule has 0 aliphatic rings. The second-order valence-electron chi connectivity index (χ2n) is 7.29. The van der Waals surface area contributed by atoms with Crippen molar-refractivity contribution in [2.24, 2.45) is 9.98 Å². The zero-order chi connectivity index (χ0) is 22.5. The van der Waals surface area contributed by atoms with E-state index in [0.29, 0.717) is 6.42 Å². The van der Waals surface area contributed by atoms with Gasteiger partial charge in [0, 0.05) is 48.5 Å². The number of aliphatic imine (C=N–C) groups is 2. The molecule has 1 aromatic heterocycles. The van der Waals surface area contributed by atoms with Gasteiger partial charge in [-0.2, -0.15) is 0 Å². The smallest absolute Gasteiger partial charge is 0.117 e. The van der Waals surface area contributed by atoms with Crippen molar-refractivity contribution in [1.82, 2.24) is 0 Å². The lowest BCUT2D eigenvalue weighted by Gasteiger charge is -2.09. The van der Waals surface area contributed by atoms with Gasteiger partial charge in [0.1, 0.15) is 5.75 Å². The first-order valence-corrected chi connectivity index (χ1v) is 11.0. The number of hydrogen-bond donors (Lipinski definition) is 2. The van der Waals surface area contributed by atoms with Crippen LogP contribution in [-0.2, 0) is 0 Å². The minimum atomic E-state index is 0.242. The lowest BCUT2D eigenvalue weighted by molar-refractivity contribution is 0.475. The van der Waals surface area contributed by atoms with Crippen LogP contribution in [0.5, 0.6) is 5.75 Å². The van der Waals surface area contributed by atoms with Gasteiger partial charge in [0.15, 0.2) is 0 Å². The van der Waals surface area contributed by atoms with E-state index < -0.39 is 0 Å². The summed E-state index contributed by atoms with van der Waals surface area (Å²) in [5, 5.41) is 14.7. The number of phenolic OH excluding ortho intramolecular Hbond substituents is 1. The summed E-state index contributed by atoms with van der Waals surface area (Å²) in [6.45, 7) is 14.4. The largest absolute Gasteiger partial charge is 0.508 e. The topological polar surface area (TPSA) is 57.0 Å². The van der Waals surface area contributed by atoms with Gasteiger partial charge >= 0.3 is 0 Å². The van der Waals surface area contributed by atoms with Gasteiger partial charge in [-0.05, 0) is 63.3 Å². The van der Waals surface area contributed by atoms with E-state index in [1.54, 1.807) is 29.5 Å². The van der Waals surface area contributed by atoms with Crippen molar-refractivity contribution in [3.63, 3.8) is 0 Å². The molecule has 0 saturated heterocycles. The molecule has 5 heteroatoms. The monoisotopic (exact) mass is 425 g/mol. The van der Waals surface area contributed by atoms with E-state index in [4.69, 9.17) is 0 Å². The third-order valence-electron chi connectivity index (χ3n) is 4.31. The third-order valence-corrected chi connectivity index (χ3v) is 5.44. The molecule has 30 heavy (non-hydrogen) atoms. The molecule has 0 spiro atoms. The number of thiophene rings is 1. The average Bonchev–Trinajstić information content (AvgIpc) is 3.12. The van der Waals surface area contributed by atoms with E-state index >= 15 is 0 Å². The highest BCUT2D eigenvalue weighted by atomic mass is 32.1. The van der Waals surface area contributed by atoms with Gasteiger partial charge in [-0.1, -0.05) is 31.6 Å². The number of hydrogen-bond acceptors (Lipinski definition) is 5. The van der Waals surface area contributed by atoms with Gasteiger partial charge in [0.25, 0.3) is 0 Å². The first kappa shape index (κ1) is 25.4. The fourth-order valence-corrected chi connectivity index (χ4v) is 3.63. The highest BCUT2D eigenvalue weighted by molar-refractivity contribution is 7.12.